The van der Waals surface area contributed by atoms with Crippen LogP contribution in [-0.2, 0) is 0 Å². The van der Waals surface area contributed by atoms with Crippen LogP contribution in [0.5, 0.6) is 0 Å². The molecular formula is C5H11NO5. The Kier molecular flexibility index (Phi) is 4.71. The largest absolute Gasteiger partial charge is 0.411 e. The maximum Gasteiger partial charge on any atom is 0.121 e. The van der Waals surface area contributed by atoms with Gasteiger partial charge in [-0.25, -0.2) is 0 Å². The highest BCUT2D eigenvalue weighted by Crippen LogP contribution is 1.97. The number of oxime groups is 1. The zero-order valence-electron chi connectivity index (χ0n) is 5.70. The van der Waals surface area contributed by atoms with E-state index < -0.39 is 24.9 Å². The molecule has 0 rings (SSSR count). The summed E-state index contributed by atoms with van der Waals surface area (Å²) < 4.78 is 0. The molecule has 0 radical (unpaired) electrons. The molecular weight excluding hydrogens is 154 g/mol. The van der Waals surface area contributed by atoms with Gasteiger partial charge < -0.3 is 25.6 Å². The molecule has 0 aromatic heterocycles. The molecule has 0 unspecified atom stereocenters. The summed E-state index contributed by atoms with van der Waals surface area (Å²) in [7, 11) is 0. The highest BCUT2D eigenvalue weighted by atomic mass is 16.4. The van der Waals surface area contributed by atoms with Crippen molar-refractivity contribution in [2.24, 2.45) is 5.16 Å². The average molecular weight is 165 g/mol. The van der Waals surface area contributed by atoms with Crippen LogP contribution in [0.3, 0.4) is 0 Å². The monoisotopic (exact) mass is 165 g/mol. The molecule has 0 bridgehead atoms. The van der Waals surface area contributed by atoms with Crippen molar-refractivity contribution in [3.63, 3.8) is 0 Å². The van der Waals surface area contributed by atoms with E-state index in [9.17, 15) is 0 Å². The highest BCUT2D eigenvalue weighted by Gasteiger charge is 2.22. The molecule has 11 heavy (non-hydrogen) atoms. The first-order valence-electron chi connectivity index (χ1n) is 2.96. The summed E-state index contributed by atoms with van der Waals surface area (Å²) in [5, 5.41) is 45.0. The molecule has 0 saturated carbocycles. The molecule has 66 valence electrons. The smallest absolute Gasteiger partial charge is 0.121 e. The molecule has 0 saturated heterocycles. The molecule has 0 spiro atoms. The van der Waals surface area contributed by atoms with Gasteiger partial charge in [0.2, 0.25) is 0 Å². The Bertz CT molecular complexity index is 128. The minimum Gasteiger partial charge on any atom is -0.411 e. The van der Waals surface area contributed by atoms with Gasteiger partial charge in [-0.1, -0.05) is 5.16 Å². The van der Waals surface area contributed by atoms with Crippen molar-refractivity contribution in [3.05, 3.63) is 0 Å². The van der Waals surface area contributed by atoms with Gasteiger partial charge in [-0.15, -0.1) is 0 Å². The third-order valence-corrected chi connectivity index (χ3v) is 1.15. The van der Waals surface area contributed by atoms with Crippen LogP contribution in [-0.4, -0.2) is 56.8 Å². The van der Waals surface area contributed by atoms with Gasteiger partial charge >= 0.3 is 0 Å². The van der Waals surface area contributed by atoms with Gasteiger partial charge in [-0.3, -0.25) is 0 Å². The van der Waals surface area contributed by atoms with E-state index in [1.54, 1.807) is 0 Å². The van der Waals surface area contributed by atoms with Crippen molar-refractivity contribution in [3.8, 4) is 0 Å². The number of hydrogen-bond acceptors (Lipinski definition) is 6. The SMILES string of the molecule is OC[C@@H](O)[C@@H](O)[C@@H](O)/C=N\O. The predicted octanol–water partition coefficient (Wildman–Crippen LogP) is -2.48. The van der Waals surface area contributed by atoms with E-state index in [2.05, 4.69) is 5.16 Å². The second-order valence-electron chi connectivity index (χ2n) is 2.00. The molecule has 0 heterocycles. The van der Waals surface area contributed by atoms with Crippen molar-refractivity contribution < 1.29 is 25.6 Å². The van der Waals surface area contributed by atoms with Crippen LogP contribution in [0.1, 0.15) is 0 Å². The molecule has 5 N–H and O–H groups in total. The molecule has 0 aliphatic heterocycles. The van der Waals surface area contributed by atoms with Gasteiger partial charge in [-0.2, -0.15) is 0 Å². The summed E-state index contributed by atoms with van der Waals surface area (Å²) in [5.74, 6) is 0. The second-order valence-corrected chi connectivity index (χ2v) is 2.00. The molecule has 0 aromatic carbocycles. The standard InChI is InChI=1S/C5H11NO5/c7-2-4(9)5(10)3(8)1-6-11/h1,3-5,7-11H,2H2/b6-1-/t3-,4+,5-/m0/s1. The van der Waals surface area contributed by atoms with Crippen LogP contribution >= 0.6 is 0 Å². The first kappa shape index (κ1) is 10.3. The summed E-state index contributed by atoms with van der Waals surface area (Å²) in [6.45, 7) is -0.669. The lowest BCUT2D eigenvalue weighted by Crippen LogP contribution is -2.40. The Morgan fingerprint density at radius 3 is 2.18 bits per heavy atom. The molecule has 0 amide bonds. The van der Waals surface area contributed by atoms with Crippen LogP contribution in [0.25, 0.3) is 0 Å². The lowest BCUT2D eigenvalue weighted by Gasteiger charge is -2.17. The van der Waals surface area contributed by atoms with Gasteiger partial charge in [0, 0.05) is 0 Å². The first-order chi connectivity index (χ1) is 5.13. The highest BCUT2D eigenvalue weighted by molar-refractivity contribution is 5.62. The lowest BCUT2D eigenvalue weighted by molar-refractivity contribution is -0.0546. The van der Waals surface area contributed by atoms with Crippen molar-refractivity contribution in [1.82, 2.24) is 0 Å². The Morgan fingerprint density at radius 2 is 1.82 bits per heavy atom. The second kappa shape index (κ2) is 5.03. The maximum absolute atomic E-state index is 8.85. The molecule has 6 nitrogen and oxygen atoms in total. The predicted molar refractivity (Wildman–Crippen MR) is 35.4 cm³/mol. The normalized spacial score (nSPS) is 20.0. The minimum absolute atomic E-state index is 0.642. The van der Waals surface area contributed by atoms with Gasteiger partial charge in [0.25, 0.3) is 0 Å². The molecule has 6 heteroatoms. The van der Waals surface area contributed by atoms with E-state index in [0.717, 1.165) is 0 Å². The summed E-state index contributed by atoms with van der Waals surface area (Å²) in [6.07, 6.45) is -3.83. The van der Waals surface area contributed by atoms with Crippen LogP contribution in [0.15, 0.2) is 5.16 Å². The molecule has 0 aromatic rings. The van der Waals surface area contributed by atoms with E-state index in [1.165, 1.54) is 0 Å². The van der Waals surface area contributed by atoms with Crippen LogP contribution in [0.2, 0.25) is 0 Å². The number of hydrogen-bond donors (Lipinski definition) is 5. The quantitative estimate of drug-likeness (QED) is 0.180. The summed E-state index contributed by atoms with van der Waals surface area (Å²) in [6, 6.07) is 0. The van der Waals surface area contributed by atoms with E-state index in [-0.39, 0.29) is 0 Å². The van der Waals surface area contributed by atoms with Crippen molar-refractivity contribution in [2.45, 2.75) is 18.3 Å². The van der Waals surface area contributed by atoms with Crippen LogP contribution in [0, 0.1) is 0 Å². The van der Waals surface area contributed by atoms with Crippen molar-refractivity contribution in [2.75, 3.05) is 6.61 Å². The summed E-state index contributed by atoms with van der Waals surface area (Å²) in [5.41, 5.74) is 0. The fraction of sp³-hybridized carbons (Fsp3) is 0.800. The third-order valence-electron chi connectivity index (χ3n) is 1.15. The van der Waals surface area contributed by atoms with E-state index in [0.29, 0.717) is 6.21 Å². The summed E-state index contributed by atoms with van der Waals surface area (Å²) in [4.78, 5) is 0. The first-order valence-corrected chi connectivity index (χ1v) is 2.96. The fourth-order valence-corrected chi connectivity index (χ4v) is 0.492. The number of aliphatic hydroxyl groups is 4. The number of aliphatic hydroxyl groups excluding tert-OH is 4. The molecule has 0 aliphatic rings. The average Bonchev–Trinajstić information content (AvgIpc) is 2.02. The summed E-state index contributed by atoms with van der Waals surface area (Å²) >= 11 is 0. The zero-order valence-corrected chi connectivity index (χ0v) is 5.70. The topological polar surface area (TPSA) is 114 Å². The van der Waals surface area contributed by atoms with Gasteiger partial charge in [0.05, 0.1) is 12.8 Å². The Hall–Kier alpha value is -0.690. The van der Waals surface area contributed by atoms with Crippen molar-refractivity contribution in [1.29, 1.82) is 0 Å². The van der Waals surface area contributed by atoms with Gasteiger partial charge in [0.15, 0.2) is 0 Å². The lowest BCUT2D eigenvalue weighted by atomic mass is 10.1. The Balaban J connectivity index is 3.90. The van der Waals surface area contributed by atoms with Crippen LogP contribution in [0.4, 0.5) is 0 Å². The minimum atomic E-state index is -1.55. The van der Waals surface area contributed by atoms with E-state index >= 15 is 0 Å². The number of rotatable bonds is 4. The van der Waals surface area contributed by atoms with E-state index in [4.69, 9.17) is 25.6 Å². The molecule has 0 aliphatic carbocycles. The Labute approximate surface area is 63.0 Å². The fourth-order valence-electron chi connectivity index (χ4n) is 0.492. The van der Waals surface area contributed by atoms with Crippen LogP contribution < -0.4 is 0 Å². The third kappa shape index (κ3) is 3.28. The van der Waals surface area contributed by atoms with Crippen molar-refractivity contribution >= 4 is 6.21 Å². The maximum atomic E-state index is 8.85. The Morgan fingerprint density at radius 1 is 1.27 bits per heavy atom. The van der Waals surface area contributed by atoms with E-state index in [1.807, 2.05) is 0 Å². The number of nitrogens with zero attached hydrogens (tertiary/aromatic N) is 1. The zero-order chi connectivity index (χ0) is 8.85. The van der Waals surface area contributed by atoms with Gasteiger partial charge in [-0.05, 0) is 0 Å². The molecule has 0 fully saturated rings. The molecule has 3 atom stereocenters. The van der Waals surface area contributed by atoms with Gasteiger partial charge in [0.1, 0.15) is 18.3 Å².